The Bertz CT molecular complexity index is 648. The van der Waals surface area contributed by atoms with Gasteiger partial charge in [0.1, 0.15) is 6.04 Å². The number of para-hydroxylation sites is 1. The van der Waals surface area contributed by atoms with Crippen LogP contribution in [0.1, 0.15) is 18.5 Å². The van der Waals surface area contributed by atoms with Crippen molar-refractivity contribution in [2.45, 2.75) is 17.9 Å². The van der Waals surface area contributed by atoms with Crippen molar-refractivity contribution in [1.82, 2.24) is 0 Å². The summed E-state index contributed by atoms with van der Waals surface area (Å²) in [6.07, 6.45) is 2.00. The molecular formula is C17H20ClN2OS+. The van der Waals surface area contributed by atoms with Crippen LogP contribution < -0.4 is 10.6 Å². The van der Waals surface area contributed by atoms with Gasteiger partial charge >= 0.3 is 0 Å². The van der Waals surface area contributed by atoms with E-state index >= 15 is 0 Å². The third-order valence-electron chi connectivity index (χ3n) is 3.41. The molecule has 3 nitrogen and oxygen atoms in total. The zero-order valence-electron chi connectivity index (χ0n) is 12.7. The van der Waals surface area contributed by atoms with Crippen LogP contribution in [-0.2, 0) is 4.79 Å². The molecule has 2 aromatic carbocycles. The number of carbonyl (C=O) groups is 1. The van der Waals surface area contributed by atoms with E-state index in [4.69, 9.17) is 11.6 Å². The first-order chi connectivity index (χ1) is 10.6. The normalized spacial score (nSPS) is 12.0. The number of hydrogen-bond donors (Lipinski definition) is 2. The lowest BCUT2D eigenvalue weighted by atomic mass is 10.1. The van der Waals surface area contributed by atoms with E-state index in [1.165, 1.54) is 0 Å². The summed E-state index contributed by atoms with van der Waals surface area (Å²) >= 11 is 7.62. The Kier molecular flexibility index (Phi) is 6.31. The SMILES string of the molecule is CSc1ccccc1NC(=O)C[NH2+][C@H](C)c1cccc(Cl)c1. The summed E-state index contributed by atoms with van der Waals surface area (Å²) in [6, 6.07) is 15.7. The Labute approximate surface area is 140 Å². The predicted molar refractivity (Wildman–Crippen MR) is 93.5 cm³/mol. The Morgan fingerprint density at radius 1 is 1.27 bits per heavy atom. The Hall–Kier alpha value is -1.49. The number of hydrogen-bond acceptors (Lipinski definition) is 2. The molecule has 0 saturated carbocycles. The lowest BCUT2D eigenvalue weighted by Crippen LogP contribution is -2.86. The fourth-order valence-corrected chi connectivity index (χ4v) is 2.91. The molecule has 2 aromatic rings. The van der Waals surface area contributed by atoms with Gasteiger partial charge in [-0.15, -0.1) is 11.8 Å². The standard InChI is InChI=1S/C17H19ClN2OS/c1-12(13-6-5-7-14(18)10-13)19-11-17(21)20-15-8-3-4-9-16(15)22-2/h3-10,12,19H,11H2,1-2H3,(H,20,21)/p+1/t12-/m1/s1. The molecule has 3 N–H and O–H groups in total. The molecule has 0 saturated heterocycles. The van der Waals surface area contributed by atoms with Gasteiger partial charge in [0.15, 0.2) is 6.54 Å². The summed E-state index contributed by atoms with van der Waals surface area (Å²) in [6.45, 7) is 2.44. The van der Waals surface area contributed by atoms with Gasteiger partial charge in [-0.2, -0.15) is 0 Å². The van der Waals surface area contributed by atoms with Crippen LogP contribution in [0, 0.1) is 0 Å². The minimum atomic E-state index is -0.00428. The average Bonchev–Trinajstić information content (AvgIpc) is 2.53. The van der Waals surface area contributed by atoms with Gasteiger partial charge < -0.3 is 10.6 Å². The summed E-state index contributed by atoms with van der Waals surface area (Å²) < 4.78 is 0. The molecule has 0 unspecified atom stereocenters. The Morgan fingerprint density at radius 3 is 2.77 bits per heavy atom. The highest BCUT2D eigenvalue weighted by atomic mass is 35.5. The monoisotopic (exact) mass is 335 g/mol. The first-order valence-corrected chi connectivity index (χ1v) is 8.72. The molecular weight excluding hydrogens is 316 g/mol. The van der Waals surface area contributed by atoms with Crippen molar-refractivity contribution in [3.63, 3.8) is 0 Å². The molecule has 0 fully saturated rings. The predicted octanol–water partition coefficient (Wildman–Crippen LogP) is 3.33. The van der Waals surface area contributed by atoms with Crippen molar-refractivity contribution in [3.05, 3.63) is 59.1 Å². The molecule has 22 heavy (non-hydrogen) atoms. The number of quaternary nitrogens is 1. The minimum Gasteiger partial charge on any atom is -0.333 e. The summed E-state index contributed by atoms with van der Waals surface area (Å²) in [5.74, 6) is -0.00428. The molecule has 0 aromatic heterocycles. The minimum absolute atomic E-state index is 0.00428. The molecule has 0 aliphatic carbocycles. The summed E-state index contributed by atoms with van der Waals surface area (Å²) in [5, 5.41) is 5.68. The molecule has 1 atom stereocenters. The fourth-order valence-electron chi connectivity index (χ4n) is 2.16. The number of anilines is 1. The van der Waals surface area contributed by atoms with Crippen LogP contribution in [0.3, 0.4) is 0 Å². The van der Waals surface area contributed by atoms with Crippen LogP contribution >= 0.6 is 23.4 Å². The van der Waals surface area contributed by atoms with Gasteiger partial charge in [0.2, 0.25) is 0 Å². The number of benzene rings is 2. The van der Waals surface area contributed by atoms with Crippen molar-refractivity contribution in [3.8, 4) is 0 Å². The van der Waals surface area contributed by atoms with E-state index < -0.39 is 0 Å². The second-order valence-electron chi connectivity index (χ2n) is 5.03. The second kappa shape index (κ2) is 8.22. The molecule has 0 bridgehead atoms. The van der Waals surface area contributed by atoms with Gasteiger partial charge in [-0.05, 0) is 37.4 Å². The maximum absolute atomic E-state index is 12.1. The molecule has 0 heterocycles. The maximum atomic E-state index is 12.1. The number of halogens is 1. The molecule has 0 spiro atoms. The molecule has 5 heteroatoms. The topological polar surface area (TPSA) is 45.7 Å². The zero-order valence-corrected chi connectivity index (χ0v) is 14.2. The largest absolute Gasteiger partial charge is 0.333 e. The quantitative estimate of drug-likeness (QED) is 0.795. The van der Waals surface area contributed by atoms with Gasteiger partial charge in [-0.1, -0.05) is 35.9 Å². The summed E-state index contributed by atoms with van der Waals surface area (Å²) in [4.78, 5) is 13.2. The van der Waals surface area contributed by atoms with Crippen molar-refractivity contribution < 1.29 is 10.1 Å². The molecule has 2 rings (SSSR count). The summed E-state index contributed by atoms with van der Waals surface area (Å²) in [7, 11) is 0. The summed E-state index contributed by atoms with van der Waals surface area (Å²) in [5.41, 5.74) is 1.98. The van der Waals surface area contributed by atoms with Crippen LogP contribution in [0.25, 0.3) is 0 Å². The number of thioether (sulfide) groups is 1. The highest BCUT2D eigenvalue weighted by molar-refractivity contribution is 7.98. The van der Waals surface area contributed by atoms with Crippen LogP contribution in [0.5, 0.6) is 0 Å². The highest BCUT2D eigenvalue weighted by Crippen LogP contribution is 2.24. The zero-order chi connectivity index (χ0) is 15.9. The van der Waals surface area contributed by atoms with Gasteiger partial charge in [-0.3, -0.25) is 4.79 Å². The lowest BCUT2D eigenvalue weighted by molar-refractivity contribution is -0.682. The van der Waals surface area contributed by atoms with E-state index in [9.17, 15) is 4.79 Å². The van der Waals surface area contributed by atoms with Crippen LogP contribution in [0.4, 0.5) is 5.69 Å². The Morgan fingerprint density at radius 2 is 2.05 bits per heavy atom. The van der Waals surface area contributed by atoms with Crippen molar-refractivity contribution in [2.24, 2.45) is 0 Å². The number of rotatable bonds is 6. The van der Waals surface area contributed by atoms with E-state index in [0.717, 1.165) is 21.2 Å². The van der Waals surface area contributed by atoms with Gasteiger partial charge in [0, 0.05) is 15.5 Å². The maximum Gasteiger partial charge on any atom is 0.279 e. The number of nitrogens with two attached hydrogens (primary N) is 1. The number of amides is 1. The first kappa shape index (κ1) is 16.9. The van der Waals surface area contributed by atoms with E-state index in [0.29, 0.717) is 6.54 Å². The van der Waals surface area contributed by atoms with Crippen LogP contribution in [0.15, 0.2) is 53.4 Å². The molecule has 0 aliphatic rings. The number of nitrogens with one attached hydrogen (secondary N) is 1. The van der Waals surface area contributed by atoms with E-state index in [1.807, 2.05) is 60.1 Å². The third kappa shape index (κ3) is 4.77. The van der Waals surface area contributed by atoms with Crippen molar-refractivity contribution in [2.75, 3.05) is 18.1 Å². The van der Waals surface area contributed by atoms with Crippen LogP contribution in [0.2, 0.25) is 5.02 Å². The Balaban J connectivity index is 1.90. The first-order valence-electron chi connectivity index (χ1n) is 7.12. The van der Waals surface area contributed by atoms with Crippen molar-refractivity contribution in [1.29, 1.82) is 0 Å². The number of carbonyl (C=O) groups excluding carboxylic acids is 1. The molecule has 1 amide bonds. The van der Waals surface area contributed by atoms with Gasteiger partial charge in [0.25, 0.3) is 5.91 Å². The van der Waals surface area contributed by atoms with Crippen molar-refractivity contribution >= 4 is 35.0 Å². The van der Waals surface area contributed by atoms with Crippen LogP contribution in [-0.4, -0.2) is 18.7 Å². The van der Waals surface area contributed by atoms with Gasteiger partial charge in [-0.25, -0.2) is 0 Å². The smallest absolute Gasteiger partial charge is 0.279 e. The molecule has 0 aliphatic heterocycles. The van der Waals surface area contributed by atoms with Gasteiger partial charge in [0.05, 0.1) is 5.69 Å². The van der Waals surface area contributed by atoms with E-state index in [-0.39, 0.29) is 11.9 Å². The molecule has 116 valence electrons. The fraction of sp³-hybridized carbons (Fsp3) is 0.235. The van der Waals surface area contributed by atoms with E-state index in [2.05, 4.69) is 12.2 Å². The highest BCUT2D eigenvalue weighted by Gasteiger charge is 2.12. The molecule has 0 radical (unpaired) electrons. The third-order valence-corrected chi connectivity index (χ3v) is 4.44. The average molecular weight is 336 g/mol. The van der Waals surface area contributed by atoms with E-state index in [1.54, 1.807) is 11.8 Å². The lowest BCUT2D eigenvalue weighted by Gasteiger charge is -2.12. The second-order valence-corrected chi connectivity index (χ2v) is 6.32.